The van der Waals surface area contributed by atoms with Crippen LogP contribution in [-0.2, 0) is 6.42 Å². The Morgan fingerprint density at radius 3 is 3.00 bits per heavy atom. The van der Waals surface area contributed by atoms with Crippen molar-refractivity contribution in [3.8, 4) is 0 Å². The molecule has 1 N–H and O–H groups in total. The van der Waals surface area contributed by atoms with E-state index in [1.807, 2.05) is 11.4 Å². The van der Waals surface area contributed by atoms with Gasteiger partial charge in [0, 0.05) is 17.0 Å². The van der Waals surface area contributed by atoms with Crippen molar-refractivity contribution in [2.45, 2.75) is 6.42 Å². The second-order valence-corrected chi connectivity index (χ2v) is 4.35. The SMILES string of the molecule is O=Cc1cc(Cc2cccs2)[nH]c1Cl. The number of carbonyl (C=O) groups is 1. The molecule has 2 rings (SSSR count). The molecule has 4 heteroatoms. The van der Waals surface area contributed by atoms with Gasteiger partial charge in [0.05, 0.1) is 5.56 Å². The smallest absolute Gasteiger partial charge is 0.153 e. The summed E-state index contributed by atoms with van der Waals surface area (Å²) in [6.45, 7) is 0. The number of hydrogen-bond acceptors (Lipinski definition) is 2. The molecule has 0 bridgehead atoms. The Balaban J connectivity index is 2.21. The largest absolute Gasteiger partial charge is 0.349 e. The van der Waals surface area contributed by atoms with Gasteiger partial charge < -0.3 is 4.98 Å². The summed E-state index contributed by atoms with van der Waals surface area (Å²) in [5, 5.41) is 2.45. The van der Waals surface area contributed by atoms with Gasteiger partial charge >= 0.3 is 0 Å². The van der Waals surface area contributed by atoms with Gasteiger partial charge in [-0.25, -0.2) is 0 Å². The molecule has 2 aromatic heterocycles. The molecular formula is C10H8ClNOS. The van der Waals surface area contributed by atoms with Gasteiger partial charge in [0.15, 0.2) is 6.29 Å². The van der Waals surface area contributed by atoms with Crippen molar-refractivity contribution < 1.29 is 4.79 Å². The highest BCUT2D eigenvalue weighted by atomic mass is 35.5. The summed E-state index contributed by atoms with van der Waals surface area (Å²) in [5.41, 5.74) is 1.50. The third-order valence-electron chi connectivity index (χ3n) is 1.93. The van der Waals surface area contributed by atoms with Gasteiger partial charge in [0.25, 0.3) is 0 Å². The Kier molecular flexibility index (Phi) is 2.70. The molecule has 0 atom stereocenters. The molecule has 0 saturated carbocycles. The fourth-order valence-corrected chi connectivity index (χ4v) is 2.23. The lowest BCUT2D eigenvalue weighted by Crippen LogP contribution is -1.82. The Bertz CT molecular complexity index is 433. The third kappa shape index (κ3) is 1.89. The van der Waals surface area contributed by atoms with Crippen LogP contribution in [0.25, 0.3) is 0 Å². The molecule has 0 unspecified atom stereocenters. The summed E-state index contributed by atoms with van der Waals surface area (Å²) in [6, 6.07) is 5.85. The second-order valence-electron chi connectivity index (χ2n) is 2.94. The number of aromatic nitrogens is 1. The third-order valence-corrected chi connectivity index (χ3v) is 3.11. The van der Waals surface area contributed by atoms with Crippen molar-refractivity contribution in [2.24, 2.45) is 0 Å². The summed E-state index contributed by atoms with van der Waals surface area (Å²) < 4.78 is 0. The first-order valence-electron chi connectivity index (χ1n) is 4.14. The van der Waals surface area contributed by atoms with Gasteiger partial charge in [-0.1, -0.05) is 17.7 Å². The lowest BCUT2D eigenvalue weighted by Gasteiger charge is -1.92. The number of halogens is 1. The fourth-order valence-electron chi connectivity index (χ4n) is 1.28. The topological polar surface area (TPSA) is 32.9 Å². The molecule has 2 nitrogen and oxygen atoms in total. The Hall–Kier alpha value is -1.06. The maximum absolute atomic E-state index is 10.5. The van der Waals surface area contributed by atoms with E-state index >= 15 is 0 Å². The van der Waals surface area contributed by atoms with Crippen molar-refractivity contribution in [3.63, 3.8) is 0 Å². The zero-order chi connectivity index (χ0) is 9.97. The van der Waals surface area contributed by atoms with Crippen molar-refractivity contribution in [3.05, 3.63) is 44.9 Å². The molecule has 0 amide bonds. The van der Waals surface area contributed by atoms with Crippen LogP contribution in [0.15, 0.2) is 23.6 Å². The average Bonchev–Trinajstić information content (AvgIpc) is 2.76. The molecule has 2 heterocycles. The van der Waals surface area contributed by atoms with Gasteiger partial charge in [-0.05, 0) is 17.5 Å². The lowest BCUT2D eigenvalue weighted by molar-refractivity contribution is 0.112. The van der Waals surface area contributed by atoms with E-state index in [-0.39, 0.29) is 0 Å². The Morgan fingerprint density at radius 2 is 2.43 bits per heavy atom. The number of H-pyrrole nitrogens is 1. The molecule has 0 radical (unpaired) electrons. The summed E-state index contributed by atoms with van der Waals surface area (Å²) in [4.78, 5) is 14.8. The van der Waals surface area contributed by atoms with Crippen molar-refractivity contribution in [2.75, 3.05) is 0 Å². The van der Waals surface area contributed by atoms with Crippen LogP contribution in [0.2, 0.25) is 5.15 Å². The molecule has 0 fully saturated rings. The van der Waals surface area contributed by atoms with Gasteiger partial charge in [0.2, 0.25) is 0 Å². The molecule has 0 aliphatic carbocycles. The van der Waals surface area contributed by atoms with Crippen LogP contribution in [0.4, 0.5) is 0 Å². The van der Waals surface area contributed by atoms with Crippen molar-refractivity contribution in [1.29, 1.82) is 0 Å². The Labute approximate surface area is 90.5 Å². The number of rotatable bonds is 3. The highest BCUT2D eigenvalue weighted by Crippen LogP contribution is 2.19. The predicted molar refractivity (Wildman–Crippen MR) is 58.3 cm³/mol. The highest BCUT2D eigenvalue weighted by molar-refractivity contribution is 7.09. The number of aromatic amines is 1. The summed E-state index contributed by atoms with van der Waals surface area (Å²) in [6.07, 6.45) is 1.56. The van der Waals surface area contributed by atoms with E-state index in [1.54, 1.807) is 17.4 Å². The minimum absolute atomic E-state index is 0.423. The van der Waals surface area contributed by atoms with Crippen LogP contribution in [0.1, 0.15) is 20.9 Å². The summed E-state index contributed by atoms with van der Waals surface area (Å²) >= 11 is 7.49. The van der Waals surface area contributed by atoms with E-state index in [9.17, 15) is 4.79 Å². The first kappa shape index (κ1) is 9.49. The van der Waals surface area contributed by atoms with Crippen LogP contribution < -0.4 is 0 Å². The number of thiophene rings is 1. The molecule has 0 saturated heterocycles. The molecule has 2 aromatic rings. The maximum Gasteiger partial charge on any atom is 0.153 e. The van der Waals surface area contributed by atoms with Crippen molar-refractivity contribution in [1.82, 2.24) is 4.98 Å². The Morgan fingerprint density at radius 1 is 1.57 bits per heavy atom. The average molecular weight is 226 g/mol. The van der Waals surface area contributed by atoms with E-state index < -0.39 is 0 Å². The lowest BCUT2D eigenvalue weighted by atomic mass is 10.2. The minimum Gasteiger partial charge on any atom is -0.349 e. The van der Waals surface area contributed by atoms with Crippen LogP contribution in [-0.4, -0.2) is 11.3 Å². The maximum atomic E-state index is 10.5. The normalized spacial score (nSPS) is 10.4. The van der Waals surface area contributed by atoms with Crippen LogP contribution >= 0.6 is 22.9 Å². The highest BCUT2D eigenvalue weighted by Gasteiger charge is 2.05. The van der Waals surface area contributed by atoms with Gasteiger partial charge in [-0.15, -0.1) is 11.3 Å². The molecule has 72 valence electrons. The second kappa shape index (κ2) is 3.98. The van der Waals surface area contributed by atoms with Crippen LogP contribution in [0.3, 0.4) is 0 Å². The monoisotopic (exact) mass is 225 g/mol. The van der Waals surface area contributed by atoms with Gasteiger partial charge in [-0.2, -0.15) is 0 Å². The number of carbonyl (C=O) groups excluding carboxylic acids is 1. The predicted octanol–water partition coefficient (Wildman–Crippen LogP) is 3.13. The molecule has 0 aliphatic rings. The van der Waals surface area contributed by atoms with Crippen molar-refractivity contribution >= 4 is 29.2 Å². The van der Waals surface area contributed by atoms with E-state index in [4.69, 9.17) is 11.6 Å². The molecule has 0 aromatic carbocycles. The first-order chi connectivity index (χ1) is 6.79. The zero-order valence-electron chi connectivity index (χ0n) is 7.29. The number of aldehydes is 1. The first-order valence-corrected chi connectivity index (χ1v) is 5.40. The fraction of sp³-hybridized carbons (Fsp3) is 0.100. The van der Waals surface area contributed by atoms with E-state index in [2.05, 4.69) is 11.1 Å². The molecular weight excluding hydrogens is 218 g/mol. The van der Waals surface area contributed by atoms with Crippen LogP contribution in [0, 0.1) is 0 Å². The minimum atomic E-state index is 0.423. The molecule has 0 spiro atoms. The zero-order valence-corrected chi connectivity index (χ0v) is 8.86. The van der Waals surface area contributed by atoms with Gasteiger partial charge in [0.1, 0.15) is 5.15 Å². The number of hydrogen-bond donors (Lipinski definition) is 1. The van der Waals surface area contributed by atoms with Gasteiger partial charge in [-0.3, -0.25) is 4.79 Å². The van der Waals surface area contributed by atoms with E-state index in [0.29, 0.717) is 10.7 Å². The number of nitrogens with one attached hydrogen (secondary N) is 1. The molecule has 14 heavy (non-hydrogen) atoms. The summed E-state index contributed by atoms with van der Waals surface area (Å²) in [5.74, 6) is 0. The standard InChI is InChI=1S/C10H8ClNOS/c11-10-7(6-13)4-8(12-10)5-9-2-1-3-14-9/h1-4,6,12H,5H2. The quantitative estimate of drug-likeness (QED) is 0.800. The van der Waals surface area contributed by atoms with E-state index in [0.717, 1.165) is 18.4 Å². The van der Waals surface area contributed by atoms with Crippen LogP contribution in [0.5, 0.6) is 0 Å². The van der Waals surface area contributed by atoms with E-state index in [1.165, 1.54) is 4.88 Å². The molecule has 0 aliphatic heterocycles. The summed E-state index contributed by atoms with van der Waals surface area (Å²) in [7, 11) is 0.